The first kappa shape index (κ1) is 9.25. The van der Waals surface area contributed by atoms with Crippen LogP contribution in [0.2, 0.25) is 0 Å². The summed E-state index contributed by atoms with van der Waals surface area (Å²) in [7, 11) is 0. The first-order chi connectivity index (χ1) is 6.83. The van der Waals surface area contributed by atoms with Gasteiger partial charge in [0.2, 0.25) is 5.91 Å². The lowest BCUT2D eigenvalue weighted by Crippen LogP contribution is -2.44. The maximum Gasteiger partial charge on any atom is 0.227 e. The molecule has 0 spiro atoms. The van der Waals surface area contributed by atoms with Gasteiger partial charge in [-0.05, 0) is 18.4 Å². The van der Waals surface area contributed by atoms with E-state index in [0.717, 1.165) is 12.8 Å². The number of carbonyl (C=O) groups is 1. The minimum atomic E-state index is 0.231. The molecular formula is C12H15NO. The van der Waals surface area contributed by atoms with E-state index in [1.54, 1.807) is 6.08 Å². The molecule has 0 aromatic carbocycles. The Balaban J connectivity index is 2.23. The first-order valence-electron chi connectivity index (χ1n) is 5.07. The number of fused-ring (bicyclic) bond motifs is 1. The highest BCUT2D eigenvalue weighted by Gasteiger charge is 2.28. The van der Waals surface area contributed by atoms with Crippen LogP contribution in [0, 0.1) is 0 Å². The Morgan fingerprint density at radius 1 is 1.50 bits per heavy atom. The number of amides is 1. The van der Waals surface area contributed by atoms with Crippen LogP contribution in [0.15, 0.2) is 36.5 Å². The smallest absolute Gasteiger partial charge is 0.227 e. The van der Waals surface area contributed by atoms with Crippen LogP contribution in [0.5, 0.6) is 0 Å². The topological polar surface area (TPSA) is 20.3 Å². The van der Waals surface area contributed by atoms with E-state index in [2.05, 4.69) is 24.8 Å². The number of rotatable bonds is 2. The third-order valence-corrected chi connectivity index (χ3v) is 2.87. The second-order valence-electron chi connectivity index (χ2n) is 3.74. The Hall–Kier alpha value is -1.31. The second-order valence-corrected chi connectivity index (χ2v) is 3.74. The molecule has 0 saturated carbocycles. The molecule has 1 aliphatic heterocycles. The lowest BCUT2D eigenvalue weighted by molar-refractivity contribution is -0.132. The normalized spacial score (nSPS) is 25.7. The summed E-state index contributed by atoms with van der Waals surface area (Å²) in [5.74, 6) is 0.231. The molecule has 0 fully saturated rings. The molecule has 2 rings (SSSR count). The van der Waals surface area contributed by atoms with Crippen LogP contribution >= 0.6 is 0 Å². The van der Waals surface area contributed by atoms with Crippen molar-refractivity contribution in [1.82, 2.24) is 4.90 Å². The number of carbonyl (C=O) groups excluding carboxylic acids is 1. The average molecular weight is 189 g/mol. The molecule has 2 aliphatic rings. The fourth-order valence-corrected chi connectivity index (χ4v) is 2.16. The van der Waals surface area contributed by atoms with Gasteiger partial charge in [0.1, 0.15) is 0 Å². The van der Waals surface area contributed by atoms with E-state index < -0.39 is 0 Å². The predicted octanol–water partition coefficient (Wildman–Crippen LogP) is 2.05. The Morgan fingerprint density at radius 3 is 3.14 bits per heavy atom. The number of allylic oxidation sites excluding steroid dienone is 1. The van der Waals surface area contributed by atoms with Crippen LogP contribution in [0.1, 0.15) is 19.3 Å². The van der Waals surface area contributed by atoms with Gasteiger partial charge in [0.15, 0.2) is 0 Å². The summed E-state index contributed by atoms with van der Waals surface area (Å²) >= 11 is 0. The first-order valence-corrected chi connectivity index (χ1v) is 5.07. The van der Waals surface area contributed by atoms with Crippen molar-refractivity contribution >= 4 is 5.91 Å². The summed E-state index contributed by atoms with van der Waals surface area (Å²) < 4.78 is 0. The van der Waals surface area contributed by atoms with Gasteiger partial charge in [0.05, 0.1) is 6.04 Å². The lowest BCUT2D eigenvalue weighted by atomic mass is 9.90. The van der Waals surface area contributed by atoms with Crippen molar-refractivity contribution in [2.75, 3.05) is 6.54 Å². The largest absolute Gasteiger partial charge is 0.332 e. The molecule has 14 heavy (non-hydrogen) atoms. The monoisotopic (exact) mass is 189 g/mol. The van der Waals surface area contributed by atoms with Crippen molar-refractivity contribution < 1.29 is 4.79 Å². The quantitative estimate of drug-likeness (QED) is 0.609. The van der Waals surface area contributed by atoms with Crippen molar-refractivity contribution in [3.05, 3.63) is 36.5 Å². The highest BCUT2D eigenvalue weighted by Crippen LogP contribution is 2.27. The number of hydrogen-bond acceptors (Lipinski definition) is 1. The molecular weight excluding hydrogens is 174 g/mol. The van der Waals surface area contributed by atoms with Crippen molar-refractivity contribution in [3.63, 3.8) is 0 Å². The van der Waals surface area contributed by atoms with Crippen molar-refractivity contribution in [2.24, 2.45) is 0 Å². The van der Waals surface area contributed by atoms with E-state index in [1.807, 2.05) is 4.90 Å². The predicted molar refractivity (Wildman–Crippen MR) is 56.8 cm³/mol. The van der Waals surface area contributed by atoms with Gasteiger partial charge < -0.3 is 4.90 Å². The molecule has 1 aliphatic carbocycles. The molecule has 2 nitrogen and oxygen atoms in total. The standard InChI is InChI=1S/C12H15NO/c1-2-9-13-11-6-4-3-5-10(11)7-8-12(13)14/h2-4,7,11H,1,5-6,8-9H2. The van der Waals surface area contributed by atoms with Gasteiger partial charge in [-0.2, -0.15) is 0 Å². The molecule has 1 atom stereocenters. The van der Waals surface area contributed by atoms with Gasteiger partial charge >= 0.3 is 0 Å². The molecule has 0 N–H and O–H groups in total. The fourth-order valence-electron chi connectivity index (χ4n) is 2.16. The Labute approximate surface area is 84.6 Å². The summed E-state index contributed by atoms with van der Waals surface area (Å²) in [6.07, 6.45) is 10.8. The van der Waals surface area contributed by atoms with Crippen molar-refractivity contribution in [1.29, 1.82) is 0 Å². The van der Waals surface area contributed by atoms with Crippen LogP contribution < -0.4 is 0 Å². The van der Waals surface area contributed by atoms with Gasteiger partial charge in [0, 0.05) is 13.0 Å². The van der Waals surface area contributed by atoms with E-state index in [0.29, 0.717) is 19.0 Å². The highest BCUT2D eigenvalue weighted by atomic mass is 16.2. The van der Waals surface area contributed by atoms with Crippen molar-refractivity contribution in [2.45, 2.75) is 25.3 Å². The summed E-state index contributed by atoms with van der Waals surface area (Å²) in [6.45, 7) is 4.37. The Morgan fingerprint density at radius 2 is 2.36 bits per heavy atom. The van der Waals surface area contributed by atoms with E-state index in [4.69, 9.17) is 0 Å². The van der Waals surface area contributed by atoms with E-state index in [1.165, 1.54) is 5.57 Å². The molecule has 0 aromatic rings. The van der Waals surface area contributed by atoms with Crippen molar-refractivity contribution in [3.8, 4) is 0 Å². The molecule has 74 valence electrons. The molecule has 0 aromatic heterocycles. The Bertz CT molecular complexity index is 314. The van der Waals surface area contributed by atoms with Gasteiger partial charge in [-0.1, -0.05) is 24.3 Å². The molecule has 1 unspecified atom stereocenters. The van der Waals surface area contributed by atoms with Gasteiger partial charge in [-0.3, -0.25) is 4.79 Å². The molecule has 0 bridgehead atoms. The van der Waals surface area contributed by atoms with Crippen LogP contribution in [-0.4, -0.2) is 23.4 Å². The summed E-state index contributed by atoms with van der Waals surface area (Å²) in [4.78, 5) is 13.6. The minimum absolute atomic E-state index is 0.231. The van der Waals surface area contributed by atoms with Gasteiger partial charge in [-0.25, -0.2) is 0 Å². The molecule has 1 heterocycles. The SMILES string of the molecule is C=CCN1C(=O)CC=C2CC=CCC21. The van der Waals surface area contributed by atoms with Gasteiger partial charge in [0.25, 0.3) is 0 Å². The van der Waals surface area contributed by atoms with E-state index in [9.17, 15) is 4.79 Å². The van der Waals surface area contributed by atoms with Gasteiger partial charge in [-0.15, -0.1) is 6.58 Å². The second kappa shape index (κ2) is 3.82. The summed E-state index contributed by atoms with van der Waals surface area (Å²) in [5.41, 5.74) is 1.40. The van der Waals surface area contributed by atoms with Crippen LogP contribution in [-0.2, 0) is 4.79 Å². The zero-order chi connectivity index (χ0) is 9.97. The molecule has 0 radical (unpaired) electrons. The molecule has 0 saturated heterocycles. The highest BCUT2D eigenvalue weighted by molar-refractivity contribution is 5.80. The van der Waals surface area contributed by atoms with E-state index >= 15 is 0 Å². The van der Waals surface area contributed by atoms with Crippen LogP contribution in [0.3, 0.4) is 0 Å². The zero-order valence-electron chi connectivity index (χ0n) is 8.28. The Kier molecular flexibility index (Phi) is 2.53. The fraction of sp³-hybridized carbons (Fsp3) is 0.417. The third-order valence-electron chi connectivity index (χ3n) is 2.87. The number of hydrogen-bond donors (Lipinski definition) is 0. The summed E-state index contributed by atoms with van der Waals surface area (Å²) in [5, 5.41) is 0. The zero-order valence-corrected chi connectivity index (χ0v) is 8.28. The minimum Gasteiger partial charge on any atom is -0.332 e. The lowest BCUT2D eigenvalue weighted by Gasteiger charge is -2.36. The maximum atomic E-state index is 11.6. The summed E-state index contributed by atoms with van der Waals surface area (Å²) in [6, 6.07) is 0.305. The van der Waals surface area contributed by atoms with Crippen LogP contribution in [0.25, 0.3) is 0 Å². The van der Waals surface area contributed by atoms with Crippen LogP contribution in [0.4, 0.5) is 0 Å². The van der Waals surface area contributed by atoms with E-state index in [-0.39, 0.29) is 5.91 Å². The molecule has 2 heteroatoms. The number of nitrogens with zero attached hydrogens (tertiary/aromatic N) is 1. The third kappa shape index (κ3) is 1.52. The average Bonchev–Trinajstić information content (AvgIpc) is 2.23. The molecule has 1 amide bonds. The maximum absolute atomic E-state index is 11.6.